The van der Waals surface area contributed by atoms with Gasteiger partial charge >= 0.3 is 0 Å². The standard InChI is InChI=1S/C17H20N6O2S2/c1-11-10-26-16(22-11)15(18)14-7-9-21-17(23-14)20-8-6-12-2-4-13(5-3-12)27(19,24)25/h2-5,7,9-10,22H,6,8,18H2,1H3,(H2,19,24,25)(H,20,21,23)/b16-15+. The summed E-state index contributed by atoms with van der Waals surface area (Å²) in [4.78, 5) is 8.75. The van der Waals surface area contributed by atoms with E-state index < -0.39 is 10.0 Å². The third-order valence-corrected chi connectivity index (χ3v) is 5.75. The Morgan fingerprint density at radius 3 is 2.63 bits per heavy atom. The fourth-order valence-electron chi connectivity index (χ4n) is 2.39. The number of anilines is 1. The molecule has 0 amide bonds. The van der Waals surface area contributed by atoms with Gasteiger partial charge < -0.3 is 16.4 Å². The van der Waals surface area contributed by atoms with E-state index in [-0.39, 0.29) is 4.90 Å². The molecule has 0 fully saturated rings. The maximum atomic E-state index is 11.3. The Kier molecular flexibility index (Phi) is 5.68. The molecule has 1 aromatic carbocycles. The van der Waals surface area contributed by atoms with Crippen LogP contribution in [-0.2, 0) is 16.4 Å². The van der Waals surface area contributed by atoms with Crippen LogP contribution in [0.5, 0.6) is 0 Å². The van der Waals surface area contributed by atoms with Gasteiger partial charge in [-0.15, -0.1) is 0 Å². The van der Waals surface area contributed by atoms with Crippen LogP contribution in [0.15, 0.2) is 57.6 Å². The molecule has 142 valence electrons. The lowest BCUT2D eigenvalue weighted by Gasteiger charge is -2.09. The summed E-state index contributed by atoms with van der Waals surface area (Å²) in [6, 6.07) is 8.22. The van der Waals surface area contributed by atoms with Crippen LogP contribution < -0.4 is 21.5 Å². The fourth-order valence-corrected chi connectivity index (χ4v) is 3.71. The topological polar surface area (TPSA) is 136 Å². The van der Waals surface area contributed by atoms with Crippen LogP contribution in [-0.4, -0.2) is 24.9 Å². The molecule has 27 heavy (non-hydrogen) atoms. The molecule has 8 nitrogen and oxygen atoms in total. The van der Waals surface area contributed by atoms with Crippen LogP contribution >= 0.6 is 11.8 Å². The molecule has 0 radical (unpaired) electrons. The van der Waals surface area contributed by atoms with E-state index in [9.17, 15) is 8.42 Å². The predicted molar refractivity (Wildman–Crippen MR) is 108 cm³/mol. The predicted octanol–water partition coefficient (Wildman–Crippen LogP) is 1.56. The first-order chi connectivity index (χ1) is 12.8. The number of nitrogens with one attached hydrogen (secondary N) is 2. The molecule has 1 aliphatic heterocycles. The summed E-state index contributed by atoms with van der Waals surface area (Å²) < 4.78 is 22.5. The molecule has 3 rings (SSSR count). The summed E-state index contributed by atoms with van der Waals surface area (Å²) in [7, 11) is -3.67. The zero-order chi connectivity index (χ0) is 19.4. The van der Waals surface area contributed by atoms with Crippen molar-refractivity contribution in [1.29, 1.82) is 0 Å². The summed E-state index contributed by atoms with van der Waals surface area (Å²) in [5.74, 6) is 0.477. The van der Waals surface area contributed by atoms with Crippen molar-refractivity contribution in [2.45, 2.75) is 18.2 Å². The van der Waals surface area contributed by atoms with Gasteiger partial charge in [-0.1, -0.05) is 23.9 Å². The van der Waals surface area contributed by atoms with Gasteiger partial charge in [-0.2, -0.15) is 0 Å². The van der Waals surface area contributed by atoms with Crippen molar-refractivity contribution in [2.24, 2.45) is 10.9 Å². The highest BCUT2D eigenvalue weighted by atomic mass is 32.2. The van der Waals surface area contributed by atoms with Crippen molar-refractivity contribution in [3.63, 3.8) is 0 Å². The number of allylic oxidation sites excluding steroid dienone is 1. The van der Waals surface area contributed by atoms with E-state index in [1.165, 1.54) is 23.9 Å². The van der Waals surface area contributed by atoms with E-state index in [4.69, 9.17) is 10.9 Å². The lowest BCUT2D eigenvalue weighted by atomic mass is 10.1. The van der Waals surface area contributed by atoms with Gasteiger partial charge in [0.2, 0.25) is 16.0 Å². The van der Waals surface area contributed by atoms with Crippen LogP contribution in [0.25, 0.3) is 5.70 Å². The number of primary sulfonamides is 1. The Bertz CT molecular complexity index is 1000. The molecule has 2 aromatic rings. The maximum absolute atomic E-state index is 11.3. The first kappa shape index (κ1) is 19.2. The zero-order valence-corrected chi connectivity index (χ0v) is 16.3. The molecule has 0 atom stereocenters. The molecule has 10 heteroatoms. The smallest absolute Gasteiger partial charge is 0.238 e. The third kappa shape index (κ3) is 5.00. The normalized spacial score (nSPS) is 15.9. The lowest BCUT2D eigenvalue weighted by molar-refractivity contribution is 0.598. The summed E-state index contributed by atoms with van der Waals surface area (Å²) in [6.07, 6.45) is 2.33. The monoisotopic (exact) mass is 404 g/mol. The average Bonchev–Trinajstić information content (AvgIpc) is 3.07. The number of hydrogen-bond donors (Lipinski definition) is 4. The van der Waals surface area contributed by atoms with Gasteiger partial charge in [0.25, 0.3) is 0 Å². The maximum Gasteiger partial charge on any atom is 0.238 e. The summed E-state index contributed by atoms with van der Waals surface area (Å²) >= 11 is 1.53. The van der Waals surface area contributed by atoms with Crippen molar-refractivity contribution in [2.75, 3.05) is 11.9 Å². The van der Waals surface area contributed by atoms with Crippen molar-refractivity contribution < 1.29 is 8.42 Å². The highest BCUT2D eigenvalue weighted by Gasteiger charge is 2.13. The zero-order valence-electron chi connectivity index (χ0n) is 14.6. The van der Waals surface area contributed by atoms with Crippen molar-refractivity contribution >= 4 is 33.4 Å². The molecule has 0 saturated carbocycles. The van der Waals surface area contributed by atoms with Gasteiger partial charge in [-0.25, -0.2) is 23.5 Å². The molecule has 0 unspecified atom stereocenters. The SMILES string of the molecule is CC1=CS/C(=C(/N)c2ccnc(NCCc3ccc(S(N)(=O)=O)cc3)n2)N1. The number of rotatable bonds is 6. The number of thioether (sulfide) groups is 1. The van der Waals surface area contributed by atoms with Crippen LogP contribution in [0.3, 0.4) is 0 Å². The number of aromatic nitrogens is 2. The Morgan fingerprint density at radius 1 is 1.26 bits per heavy atom. The minimum Gasteiger partial charge on any atom is -0.395 e. The lowest BCUT2D eigenvalue weighted by Crippen LogP contribution is -2.13. The molecular formula is C17H20N6O2S2. The van der Waals surface area contributed by atoms with E-state index in [0.717, 1.165) is 16.3 Å². The molecule has 0 aliphatic carbocycles. The Hall–Kier alpha value is -2.56. The van der Waals surface area contributed by atoms with Gasteiger partial charge in [0.1, 0.15) is 5.03 Å². The van der Waals surface area contributed by atoms with Crippen LogP contribution in [0.2, 0.25) is 0 Å². The van der Waals surface area contributed by atoms with E-state index in [1.54, 1.807) is 24.4 Å². The number of hydrogen-bond acceptors (Lipinski definition) is 8. The molecule has 6 N–H and O–H groups in total. The molecule has 0 bridgehead atoms. The average molecular weight is 405 g/mol. The first-order valence-corrected chi connectivity index (χ1v) is 10.5. The largest absolute Gasteiger partial charge is 0.395 e. The van der Waals surface area contributed by atoms with Gasteiger partial charge in [-0.3, -0.25) is 0 Å². The highest BCUT2D eigenvalue weighted by Crippen LogP contribution is 2.28. The third-order valence-electron chi connectivity index (χ3n) is 3.79. The summed E-state index contributed by atoms with van der Waals surface area (Å²) in [6.45, 7) is 2.55. The second-order valence-electron chi connectivity index (χ2n) is 5.92. The molecule has 0 spiro atoms. The second-order valence-corrected chi connectivity index (χ2v) is 8.36. The Morgan fingerprint density at radius 2 is 2.00 bits per heavy atom. The van der Waals surface area contributed by atoms with E-state index in [0.29, 0.717) is 30.3 Å². The number of sulfonamides is 1. The van der Waals surface area contributed by atoms with Crippen LogP contribution in [0, 0.1) is 0 Å². The van der Waals surface area contributed by atoms with Crippen molar-refractivity contribution in [1.82, 2.24) is 15.3 Å². The Labute approximate surface area is 162 Å². The fraction of sp³-hybridized carbons (Fsp3) is 0.176. The van der Waals surface area contributed by atoms with E-state index in [2.05, 4.69) is 20.6 Å². The highest BCUT2D eigenvalue weighted by molar-refractivity contribution is 8.06. The van der Waals surface area contributed by atoms with Gasteiger partial charge in [0, 0.05) is 18.4 Å². The number of nitrogens with two attached hydrogens (primary N) is 2. The van der Waals surface area contributed by atoms with Crippen LogP contribution in [0.1, 0.15) is 18.2 Å². The van der Waals surface area contributed by atoms with Crippen molar-refractivity contribution in [3.05, 3.63) is 63.9 Å². The summed E-state index contributed by atoms with van der Waals surface area (Å²) in [5.41, 5.74) is 9.41. The first-order valence-electron chi connectivity index (χ1n) is 8.12. The van der Waals surface area contributed by atoms with Gasteiger partial charge in [0.15, 0.2) is 0 Å². The second kappa shape index (κ2) is 7.99. The van der Waals surface area contributed by atoms with Crippen LogP contribution in [0.4, 0.5) is 5.95 Å². The number of nitrogens with zero attached hydrogens (tertiary/aromatic N) is 2. The molecule has 1 aliphatic rings. The molecule has 2 heterocycles. The Balaban J connectivity index is 1.61. The van der Waals surface area contributed by atoms with Gasteiger partial charge in [0.05, 0.1) is 16.3 Å². The number of benzene rings is 1. The molecule has 0 saturated heterocycles. The van der Waals surface area contributed by atoms with Crippen molar-refractivity contribution in [3.8, 4) is 0 Å². The van der Waals surface area contributed by atoms with E-state index >= 15 is 0 Å². The minimum absolute atomic E-state index is 0.0990. The quantitative estimate of drug-likeness (QED) is 0.569. The van der Waals surface area contributed by atoms with Gasteiger partial charge in [-0.05, 0) is 42.5 Å². The molecule has 1 aromatic heterocycles. The minimum atomic E-state index is -3.67. The van der Waals surface area contributed by atoms with E-state index in [1.807, 2.05) is 12.3 Å². The molecular weight excluding hydrogens is 384 g/mol. The summed E-state index contributed by atoms with van der Waals surface area (Å²) in [5, 5.41) is 14.3.